The van der Waals surface area contributed by atoms with Gasteiger partial charge in [0.25, 0.3) is 0 Å². The molecule has 1 heterocycles. The van der Waals surface area contributed by atoms with Crippen LogP contribution >= 0.6 is 0 Å². The summed E-state index contributed by atoms with van der Waals surface area (Å²) >= 11 is 0. The van der Waals surface area contributed by atoms with Crippen molar-refractivity contribution < 1.29 is 4.79 Å². The van der Waals surface area contributed by atoms with Crippen molar-refractivity contribution >= 4 is 17.4 Å². The number of benzene rings is 1. The van der Waals surface area contributed by atoms with Crippen LogP contribution in [-0.2, 0) is 11.2 Å². The molecule has 0 aliphatic heterocycles. The zero-order chi connectivity index (χ0) is 14.5. The second-order valence-electron chi connectivity index (χ2n) is 5.09. The number of aromatic nitrogens is 1. The Morgan fingerprint density at radius 3 is 2.45 bits per heavy atom. The molecule has 1 aromatic heterocycles. The van der Waals surface area contributed by atoms with Crippen LogP contribution in [0.15, 0.2) is 42.6 Å². The monoisotopic (exact) mass is 269 g/mol. The van der Waals surface area contributed by atoms with Gasteiger partial charge in [0, 0.05) is 0 Å². The Morgan fingerprint density at radius 2 is 1.90 bits per heavy atom. The van der Waals surface area contributed by atoms with Crippen molar-refractivity contribution in [3.8, 4) is 0 Å². The molecule has 1 aromatic carbocycles. The average Bonchev–Trinajstić information content (AvgIpc) is 2.42. The molecule has 0 fully saturated rings. The van der Waals surface area contributed by atoms with E-state index in [1.807, 2.05) is 12.1 Å². The number of rotatable bonds is 4. The zero-order valence-electron chi connectivity index (χ0n) is 11.8. The SMILES string of the molecule is CC(C)c1ccc(CC(=O)Nc2ccc(N)nc2)cc1. The Bertz CT molecular complexity index is 574. The minimum atomic E-state index is -0.0612. The number of carbonyl (C=O) groups is 1. The summed E-state index contributed by atoms with van der Waals surface area (Å²) in [5.41, 5.74) is 8.42. The summed E-state index contributed by atoms with van der Waals surface area (Å²) < 4.78 is 0. The molecule has 2 rings (SSSR count). The Hall–Kier alpha value is -2.36. The number of nitrogens with one attached hydrogen (secondary N) is 1. The fraction of sp³-hybridized carbons (Fsp3) is 0.250. The number of hydrogen-bond donors (Lipinski definition) is 2. The summed E-state index contributed by atoms with van der Waals surface area (Å²) in [4.78, 5) is 15.8. The minimum Gasteiger partial charge on any atom is -0.384 e. The minimum absolute atomic E-state index is 0.0612. The van der Waals surface area contributed by atoms with Gasteiger partial charge >= 0.3 is 0 Å². The van der Waals surface area contributed by atoms with Gasteiger partial charge in [0.2, 0.25) is 5.91 Å². The zero-order valence-corrected chi connectivity index (χ0v) is 11.8. The normalized spacial score (nSPS) is 10.6. The summed E-state index contributed by atoms with van der Waals surface area (Å²) in [5.74, 6) is 0.875. The standard InChI is InChI=1S/C16H19N3O/c1-11(2)13-5-3-12(4-6-13)9-16(20)19-14-7-8-15(17)18-10-14/h3-8,10-11H,9H2,1-2H3,(H2,17,18)(H,19,20). The van der Waals surface area contributed by atoms with E-state index in [0.717, 1.165) is 5.56 Å². The van der Waals surface area contributed by atoms with Crippen molar-refractivity contribution in [3.05, 3.63) is 53.7 Å². The van der Waals surface area contributed by atoms with Gasteiger partial charge < -0.3 is 11.1 Å². The van der Waals surface area contributed by atoms with Crippen molar-refractivity contribution in [3.63, 3.8) is 0 Å². The van der Waals surface area contributed by atoms with Gasteiger partial charge in [-0.15, -0.1) is 0 Å². The third kappa shape index (κ3) is 3.82. The molecule has 4 heteroatoms. The van der Waals surface area contributed by atoms with Crippen molar-refractivity contribution in [1.82, 2.24) is 4.98 Å². The molecule has 20 heavy (non-hydrogen) atoms. The molecule has 0 aliphatic carbocycles. The van der Waals surface area contributed by atoms with Crippen LogP contribution < -0.4 is 11.1 Å². The fourth-order valence-electron chi connectivity index (χ4n) is 1.89. The van der Waals surface area contributed by atoms with Crippen LogP contribution in [0.5, 0.6) is 0 Å². The molecule has 2 aromatic rings. The molecule has 3 N–H and O–H groups in total. The highest BCUT2D eigenvalue weighted by Gasteiger charge is 2.05. The van der Waals surface area contributed by atoms with E-state index in [0.29, 0.717) is 23.8 Å². The molecule has 0 saturated carbocycles. The summed E-state index contributed by atoms with van der Waals surface area (Å²) in [6.07, 6.45) is 1.90. The molecule has 0 aliphatic rings. The summed E-state index contributed by atoms with van der Waals surface area (Å²) in [7, 11) is 0. The van der Waals surface area contributed by atoms with Crippen LogP contribution in [0.2, 0.25) is 0 Å². The first-order valence-corrected chi connectivity index (χ1v) is 6.65. The number of carbonyl (C=O) groups excluding carboxylic acids is 1. The van der Waals surface area contributed by atoms with Crippen LogP contribution in [0.25, 0.3) is 0 Å². The van der Waals surface area contributed by atoms with Gasteiger partial charge in [-0.1, -0.05) is 38.1 Å². The number of amides is 1. The average molecular weight is 269 g/mol. The van der Waals surface area contributed by atoms with Crippen LogP contribution in [0, 0.1) is 0 Å². The van der Waals surface area contributed by atoms with E-state index in [9.17, 15) is 4.79 Å². The molecular weight excluding hydrogens is 250 g/mol. The van der Waals surface area contributed by atoms with Gasteiger partial charge in [-0.2, -0.15) is 0 Å². The van der Waals surface area contributed by atoms with Gasteiger partial charge in [0.1, 0.15) is 5.82 Å². The lowest BCUT2D eigenvalue weighted by Gasteiger charge is -2.08. The van der Waals surface area contributed by atoms with Crippen LogP contribution in [0.1, 0.15) is 30.9 Å². The van der Waals surface area contributed by atoms with Crippen molar-refractivity contribution in [2.45, 2.75) is 26.2 Å². The third-order valence-corrected chi connectivity index (χ3v) is 3.08. The summed E-state index contributed by atoms with van der Waals surface area (Å²) in [6.45, 7) is 4.30. The van der Waals surface area contributed by atoms with Crippen LogP contribution in [0.4, 0.5) is 11.5 Å². The second-order valence-corrected chi connectivity index (χ2v) is 5.09. The van der Waals surface area contributed by atoms with E-state index >= 15 is 0 Å². The number of nitrogens with zero attached hydrogens (tertiary/aromatic N) is 1. The van der Waals surface area contributed by atoms with Crippen LogP contribution in [-0.4, -0.2) is 10.9 Å². The molecule has 104 valence electrons. The largest absolute Gasteiger partial charge is 0.384 e. The maximum atomic E-state index is 11.9. The second kappa shape index (κ2) is 6.19. The number of hydrogen-bond acceptors (Lipinski definition) is 3. The lowest BCUT2D eigenvalue weighted by atomic mass is 10.0. The smallest absolute Gasteiger partial charge is 0.228 e. The first-order valence-electron chi connectivity index (χ1n) is 6.65. The fourth-order valence-corrected chi connectivity index (χ4v) is 1.89. The highest BCUT2D eigenvalue weighted by atomic mass is 16.1. The number of anilines is 2. The predicted molar refractivity (Wildman–Crippen MR) is 81.5 cm³/mol. The van der Waals surface area contributed by atoms with E-state index in [1.165, 1.54) is 5.56 Å². The lowest BCUT2D eigenvalue weighted by molar-refractivity contribution is -0.115. The predicted octanol–water partition coefficient (Wildman–Crippen LogP) is 2.97. The van der Waals surface area contributed by atoms with Crippen LogP contribution in [0.3, 0.4) is 0 Å². The van der Waals surface area contributed by atoms with Crippen molar-refractivity contribution in [2.24, 2.45) is 0 Å². The van der Waals surface area contributed by atoms with Crippen molar-refractivity contribution in [1.29, 1.82) is 0 Å². The van der Waals surface area contributed by atoms with Gasteiger partial charge in [-0.25, -0.2) is 4.98 Å². The molecule has 0 radical (unpaired) electrons. The molecule has 1 amide bonds. The Morgan fingerprint density at radius 1 is 1.20 bits per heavy atom. The quantitative estimate of drug-likeness (QED) is 0.896. The highest BCUT2D eigenvalue weighted by molar-refractivity contribution is 5.92. The first kappa shape index (κ1) is 14.1. The summed E-state index contributed by atoms with van der Waals surface area (Å²) in [5, 5.41) is 2.80. The Kier molecular flexibility index (Phi) is 4.35. The number of pyridine rings is 1. The van der Waals surface area contributed by atoms with E-state index in [4.69, 9.17) is 5.73 Å². The molecule has 0 bridgehead atoms. The van der Waals surface area contributed by atoms with E-state index in [2.05, 4.69) is 36.3 Å². The van der Waals surface area contributed by atoms with E-state index in [-0.39, 0.29) is 5.91 Å². The first-order chi connectivity index (χ1) is 9.54. The summed E-state index contributed by atoms with van der Waals surface area (Å²) in [6, 6.07) is 11.5. The molecule has 0 spiro atoms. The van der Waals surface area contributed by atoms with Gasteiger partial charge in [0.05, 0.1) is 18.3 Å². The topological polar surface area (TPSA) is 68.0 Å². The maximum absolute atomic E-state index is 11.9. The van der Waals surface area contributed by atoms with Crippen molar-refractivity contribution in [2.75, 3.05) is 11.1 Å². The third-order valence-electron chi connectivity index (χ3n) is 3.08. The molecule has 0 atom stereocenters. The Labute approximate surface area is 119 Å². The van der Waals surface area contributed by atoms with Gasteiger partial charge in [-0.05, 0) is 29.2 Å². The van der Waals surface area contributed by atoms with E-state index < -0.39 is 0 Å². The molecule has 4 nitrogen and oxygen atoms in total. The highest BCUT2D eigenvalue weighted by Crippen LogP contribution is 2.15. The molecular formula is C16H19N3O. The van der Waals surface area contributed by atoms with E-state index in [1.54, 1.807) is 18.3 Å². The number of nitrogens with two attached hydrogens (primary N) is 1. The lowest BCUT2D eigenvalue weighted by Crippen LogP contribution is -2.14. The Balaban J connectivity index is 1.95. The van der Waals surface area contributed by atoms with Gasteiger partial charge in [-0.3, -0.25) is 4.79 Å². The molecule has 0 saturated heterocycles. The molecule has 0 unspecified atom stereocenters. The maximum Gasteiger partial charge on any atom is 0.228 e. The number of nitrogen functional groups attached to an aromatic ring is 1. The van der Waals surface area contributed by atoms with Gasteiger partial charge in [0.15, 0.2) is 0 Å².